The number of aliphatic hydroxyl groups excluding tert-OH is 1. The lowest BCUT2D eigenvalue weighted by Crippen LogP contribution is -2.28. The molecule has 0 bridgehead atoms. The van der Waals surface area contributed by atoms with Crippen LogP contribution in [0.5, 0.6) is 0 Å². The fraction of sp³-hybridized carbons (Fsp3) is 0.765. The molecule has 1 N–H and O–H groups in total. The summed E-state index contributed by atoms with van der Waals surface area (Å²) in [5.74, 6) is 0. The average Bonchev–Trinajstić information content (AvgIpc) is 2.76. The predicted octanol–water partition coefficient (Wildman–Crippen LogP) is 3.23. The number of fused-ring (bicyclic) bond motifs is 1. The van der Waals surface area contributed by atoms with Gasteiger partial charge in [-0.15, -0.1) is 0 Å². The second-order valence-electron chi connectivity index (χ2n) is 6.85. The van der Waals surface area contributed by atoms with Crippen molar-refractivity contribution in [3.05, 3.63) is 23.5 Å². The Labute approximate surface area is 123 Å². The van der Waals surface area contributed by atoms with Gasteiger partial charge in [-0.1, -0.05) is 27.7 Å². The van der Waals surface area contributed by atoms with E-state index in [2.05, 4.69) is 49.4 Å². The van der Waals surface area contributed by atoms with Crippen molar-refractivity contribution in [3.8, 4) is 0 Å². The molecule has 1 aliphatic carbocycles. The zero-order valence-electron chi connectivity index (χ0n) is 13.5. The SMILES string of the molecule is CCN(CC)CCCn1ccc2c1CC(C)(C)CC2O. The van der Waals surface area contributed by atoms with E-state index >= 15 is 0 Å². The number of rotatable bonds is 6. The zero-order valence-corrected chi connectivity index (χ0v) is 13.5. The van der Waals surface area contributed by atoms with Gasteiger partial charge in [-0.2, -0.15) is 0 Å². The van der Waals surface area contributed by atoms with Gasteiger partial charge < -0.3 is 14.6 Å². The van der Waals surface area contributed by atoms with Crippen LogP contribution < -0.4 is 0 Å². The first-order valence-electron chi connectivity index (χ1n) is 8.05. The van der Waals surface area contributed by atoms with Crippen molar-refractivity contribution in [2.75, 3.05) is 19.6 Å². The van der Waals surface area contributed by atoms with E-state index in [9.17, 15) is 5.11 Å². The lowest BCUT2D eigenvalue weighted by Gasteiger charge is -2.34. The minimum Gasteiger partial charge on any atom is -0.388 e. The smallest absolute Gasteiger partial charge is 0.0812 e. The maximum Gasteiger partial charge on any atom is 0.0812 e. The summed E-state index contributed by atoms with van der Waals surface area (Å²) in [5, 5.41) is 10.3. The molecule has 0 fully saturated rings. The first-order valence-corrected chi connectivity index (χ1v) is 8.05. The lowest BCUT2D eigenvalue weighted by atomic mass is 9.75. The Hall–Kier alpha value is -0.800. The van der Waals surface area contributed by atoms with Crippen LogP contribution in [0, 0.1) is 5.41 Å². The minimum absolute atomic E-state index is 0.210. The molecule has 1 heterocycles. The maximum atomic E-state index is 10.3. The van der Waals surface area contributed by atoms with E-state index in [1.807, 2.05) is 0 Å². The summed E-state index contributed by atoms with van der Waals surface area (Å²) in [7, 11) is 0. The van der Waals surface area contributed by atoms with E-state index in [1.54, 1.807) is 0 Å². The molecule has 1 aromatic heterocycles. The van der Waals surface area contributed by atoms with Crippen LogP contribution in [0.25, 0.3) is 0 Å². The molecule has 1 aliphatic rings. The topological polar surface area (TPSA) is 28.4 Å². The van der Waals surface area contributed by atoms with E-state index < -0.39 is 0 Å². The van der Waals surface area contributed by atoms with Crippen molar-refractivity contribution in [2.24, 2.45) is 5.41 Å². The van der Waals surface area contributed by atoms with Gasteiger partial charge in [0.05, 0.1) is 6.10 Å². The molecule has 0 spiro atoms. The molecule has 0 aliphatic heterocycles. The van der Waals surface area contributed by atoms with Crippen LogP contribution in [0.3, 0.4) is 0 Å². The molecule has 1 atom stereocenters. The van der Waals surface area contributed by atoms with Crippen molar-refractivity contribution in [1.29, 1.82) is 0 Å². The molecular formula is C17H30N2O. The molecule has 0 amide bonds. The van der Waals surface area contributed by atoms with Crippen LogP contribution in [-0.2, 0) is 13.0 Å². The van der Waals surface area contributed by atoms with Crippen molar-refractivity contribution in [1.82, 2.24) is 9.47 Å². The highest BCUT2D eigenvalue weighted by Crippen LogP contribution is 2.41. The number of hydrogen-bond donors (Lipinski definition) is 1. The van der Waals surface area contributed by atoms with E-state index in [0.717, 1.165) is 44.6 Å². The second-order valence-corrected chi connectivity index (χ2v) is 6.85. The molecule has 0 saturated carbocycles. The molecule has 20 heavy (non-hydrogen) atoms. The van der Waals surface area contributed by atoms with Gasteiger partial charge in [-0.25, -0.2) is 0 Å². The van der Waals surface area contributed by atoms with Crippen molar-refractivity contribution in [3.63, 3.8) is 0 Å². The fourth-order valence-electron chi connectivity index (χ4n) is 3.40. The standard InChI is InChI=1S/C17H30N2O/c1-5-18(6-2)9-7-10-19-11-8-14-15(19)12-17(3,4)13-16(14)20/h8,11,16,20H,5-7,9-10,12-13H2,1-4H3. The summed E-state index contributed by atoms with van der Waals surface area (Å²) in [5.41, 5.74) is 2.72. The minimum atomic E-state index is -0.280. The van der Waals surface area contributed by atoms with E-state index in [4.69, 9.17) is 0 Å². The molecule has 3 nitrogen and oxygen atoms in total. The first kappa shape index (κ1) is 15.6. The van der Waals surface area contributed by atoms with Gasteiger partial charge in [0.1, 0.15) is 0 Å². The van der Waals surface area contributed by atoms with Crippen LogP contribution in [0.1, 0.15) is 57.9 Å². The molecule has 3 heteroatoms. The van der Waals surface area contributed by atoms with E-state index in [0.29, 0.717) is 0 Å². The molecule has 114 valence electrons. The monoisotopic (exact) mass is 278 g/mol. The molecule has 0 radical (unpaired) electrons. The molecule has 1 aromatic rings. The van der Waals surface area contributed by atoms with Crippen molar-refractivity contribution in [2.45, 2.75) is 59.6 Å². The van der Waals surface area contributed by atoms with Gasteiger partial charge in [0.25, 0.3) is 0 Å². The van der Waals surface area contributed by atoms with Crippen LogP contribution in [0.2, 0.25) is 0 Å². The quantitative estimate of drug-likeness (QED) is 0.865. The second kappa shape index (κ2) is 6.31. The fourth-order valence-corrected chi connectivity index (χ4v) is 3.40. The van der Waals surface area contributed by atoms with Gasteiger partial charge >= 0.3 is 0 Å². The molecule has 0 saturated heterocycles. The summed E-state index contributed by atoms with van der Waals surface area (Å²) in [6, 6.07) is 2.12. The molecule has 0 aromatic carbocycles. The molecular weight excluding hydrogens is 248 g/mol. The van der Waals surface area contributed by atoms with Crippen molar-refractivity contribution >= 4 is 0 Å². The zero-order chi connectivity index (χ0) is 14.8. The Balaban J connectivity index is 2.01. The summed E-state index contributed by atoms with van der Waals surface area (Å²) in [6.45, 7) is 13.4. The van der Waals surface area contributed by atoms with Crippen molar-refractivity contribution < 1.29 is 5.11 Å². The Morgan fingerprint density at radius 3 is 2.70 bits per heavy atom. The summed E-state index contributed by atoms with van der Waals surface area (Å²) in [4.78, 5) is 2.47. The van der Waals surface area contributed by atoms with Gasteiger partial charge in [0.15, 0.2) is 0 Å². The number of hydrogen-bond acceptors (Lipinski definition) is 2. The van der Waals surface area contributed by atoms with Crippen LogP contribution >= 0.6 is 0 Å². The van der Waals surface area contributed by atoms with Crippen LogP contribution in [0.15, 0.2) is 12.3 Å². The highest BCUT2D eigenvalue weighted by molar-refractivity contribution is 5.29. The predicted molar refractivity (Wildman–Crippen MR) is 83.9 cm³/mol. The summed E-state index contributed by atoms with van der Waals surface area (Å²) in [6.07, 6.45) is 5.02. The van der Waals surface area contributed by atoms with Gasteiger partial charge in [0, 0.05) is 24.0 Å². The van der Waals surface area contributed by atoms with Crippen LogP contribution in [-0.4, -0.2) is 34.2 Å². The highest BCUT2D eigenvalue weighted by atomic mass is 16.3. The first-order chi connectivity index (χ1) is 9.46. The Morgan fingerprint density at radius 1 is 1.35 bits per heavy atom. The largest absolute Gasteiger partial charge is 0.388 e. The third kappa shape index (κ3) is 3.44. The lowest BCUT2D eigenvalue weighted by molar-refractivity contribution is 0.0978. The Morgan fingerprint density at radius 2 is 2.05 bits per heavy atom. The average molecular weight is 278 g/mol. The Kier molecular flexibility index (Phi) is 4.92. The van der Waals surface area contributed by atoms with E-state index in [1.165, 1.54) is 12.1 Å². The molecule has 1 unspecified atom stereocenters. The Bertz CT molecular complexity index is 432. The molecule has 2 rings (SSSR count). The number of aliphatic hydroxyl groups is 1. The van der Waals surface area contributed by atoms with Gasteiger partial charge in [-0.3, -0.25) is 0 Å². The van der Waals surface area contributed by atoms with Gasteiger partial charge in [-0.05, 0) is 50.4 Å². The number of aryl methyl sites for hydroxylation is 1. The van der Waals surface area contributed by atoms with E-state index in [-0.39, 0.29) is 11.5 Å². The highest BCUT2D eigenvalue weighted by Gasteiger charge is 2.32. The maximum absolute atomic E-state index is 10.3. The third-order valence-electron chi connectivity index (χ3n) is 4.63. The number of aromatic nitrogens is 1. The summed E-state index contributed by atoms with van der Waals surface area (Å²) >= 11 is 0. The normalized spacial score (nSPS) is 21.2. The third-order valence-corrected chi connectivity index (χ3v) is 4.63. The summed E-state index contributed by atoms with van der Waals surface area (Å²) < 4.78 is 2.36. The van der Waals surface area contributed by atoms with Gasteiger partial charge in [0.2, 0.25) is 0 Å². The van der Waals surface area contributed by atoms with Crippen LogP contribution in [0.4, 0.5) is 0 Å². The number of nitrogens with zero attached hydrogens (tertiary/aromatic N) is 2.